The summed E-state index contributed by atoms with van der Waals surface area (Å²) in [7, 11) is 0. The van der Waals surface area contributed by atoms with Gasteiger partial charge in [-0.1, -0.05) is 0 Å². The Kier molecular flexibility index (Phi) is 2.96. The molecule has 0 spiro atoms. The van der Waals surface area contributed by atoms with Gasteiger partial charge in [0.2, 0.25) is 0 Å². The number of likely N-dealkylation sites (tertiary alicyclic amines) is 1. The fourth-order valence-electron chi connectivity index (χ4n) is 3.23. The first kappa shape index (κ1) is 13.0. The summed E-state index contributed by atoms with van der Waals surface area (Å²) < 4.78 is 26.5. The van der Waals surface area contributed by atoms with Crippen LogP contribution in [0.4, 0.5) is 8.78 Å². The number of hydrogen-bond acceptors (Lipinski definition) is 2. The first-order chi connectivity index (χ1) is 9.47. The number of nitrogens with zero attached hydrogens (tertiary/aromatic N) is 1. The van der Waals surface area contributed by atoms with Gasteiger partial charge in [0.1, 0.15) is 0 Å². The molecular weight excluding hydrogens is 268 g/mol. The second-order valence-electron chi connectivity index (χ2n) is 5.41. The summed E-state index contributed by atoms with van der Waals surface area (Å²) in [6, 6.07) is 1.36. The van der Waals surface area contributed by atoms with E-state index in [4.69, 9.17) is 5.11 Å². The van der Waals surface area contributed by atoms with Crippen LogP contribution in [0.3, 0.4) is 0 Å². The normalized spacial score (nSPS) is 24.2. The minimum Gasteiger partial charge on any atom is -0.478 e. The standard InChI is InChI=1S/C14H13F2NO3/c15-11-4-9(10(14(19)20)5-12(11)16)13(18)17-6-7-1-2-8(17)3-7/h4-5,7-8H,1-3,6H2,(H,19,20). The Labute approximate surface area is 114 Å². The molecule has 2 unspecified atom stereocenters. The summed E-state index contributed by atoms with van der Waals surface area (Å²) >= 11 is 0. The molecule has 1 aliphatic heterocycles. The molecule has 106 valence electrons. The third-order valence-electron chi connectivity index (χ3n) is 4.19. The van der Waals surface area contributed by atoms with Crippen molar-refractivity contribution in [1.29, 1.82) is 0 Å². The van der Waals surface area contributed by atoms with Crippen LogP contribution in [0.2, 0.25) is 0 Å². The molecule has 2 aliphatic rings. The summed E-state index contributed by atoms with van der Waals surface area (Å²) in [5, 5.41) is 9.04. The molecule has 1 amide bonds. The van der Waals surface area contributed by atoms with Crippen LogP contribution in [0, 0.1) is 17.6 Å². The van der Waals surface area contributed by atoms with Crippen LogP contribution in [0.15, 0.2) is 12.1 Å². The molecule has 1 aromatic carbocycles. The van der Waals surface area contributed by atoms with Crippen molar-refractivity contribution >= 4 is 11.9 Å². The third-order valence-corrected chi connectivity index (χ3v) is 4.19. The molecule has 0 aromatic heterocycles. The highest BCUT2D eigenvalue weighted by Gasteiger charge is 2.41. The molecular formula is C14H13F2NO3. The van der Waals surface area contributed by atoms with E-state index < -0.39 is 29.1 Å². The fraction of sp³-hybridized carbons (Fsp3) is 0.429. The minimum absolute atomic E-state index is 0.0993. The predicted octanol–water partition coefficient (Wildman–Crippen LogP) is 2.29. The van der Waals surface area contributed by atoms with Crippen molar-refractivity contribution in [3.05, 3.63) is 34.9 Å². The van der Waals surface area contributed by atoms with Crippen LogP contribution >= 0.6 is 0 Å². The van der Waals surface area contributed by atoms with Gasteiger partial charge in [0, 0.05) is 12.6 Å². The average Bonchev–Trinajstić information content (AvgIpc) is 3.02. The third kappa shape index (κ3) is 1.95. The molecule has 1 aliphatic carbocycles. The largest absolute Gasteiger partial charge is 0.478 e. The van der Waals surface area contributed by atoms with Gasteiger partial charge >= 0.3 is 5.97 Å². The summed E-state index contributed by atoms with van der Waals surface area (Å²) in [5.74, 6) is -3.97. The fourth-order valence-corrected chi connectivity index (χ4v) is 3.23. The highest BCUT2D eigenvalue weighted by molar-refractivity contribution is 6.05. The Hall–Kier alpha value is -1.98. The Morgan fingerprint density at radius 1 is 1.15 bits per heavy atom. The number of carbonyl (C=O) groups excluding carboxylic acids is 1. The van der Waals surface area contributed by atoms with Gasteiger partial charge in [-0.2, -0.15) is 0 Å². The number of carbonyl (C=O) groups is 2. The lowest BCUT2D eigenvalue weighted by Crippen LogP contribution is -2.38. The molecule has 20 heavy (non-hydrogen) atoms. The Morgan fingerprint density at radius 3 is 2.30 bits per heavy atom. The van der Waals surface area contributed by atoms with Gasteiger partial charge in [-0.25, -0.2) is 13.6 Å². The molecule has 6 heteroatoms. The lowest BCUT2D eigenvalue weighted by molar-refractivity contribution is 0.0656. The lowest BCUT2D eigenvalue weighted by atomic mass is 10.0. The molecule has 1 N–H and O–H groups in total. The van der Waals surface area contributed by atoms with Gasteiger partial charge in [0.25, 0.3) is 5.91 Å². The van der Waals surface area contributed by atoms with E-state index >= 15 is 0 Å². The Morgan fingerprint density at radius 2 is 1.80 bits per heavy atom. The minimum atomic E-state index is -1.43. The van der Waals surface area contributed by atoms with Gasteiger partial charge in [0.05, 0.1) is 11.1 Å². The second-order valence-corrected chi connectivity index (χ2v) is 5.41. The topological polar surface area (TPSA) is 57.6 Å². The first-order valence-electron chi connectivity index (χ1n) is 6.50. The molecule has 2 fully saturated rings. The molecule has 1 saturated carbocycles. The first-order valence-corrected chi connectivity index (χ1v) is 6.50. The number of rotatable bonds is 2. The molecule has 1 aromatic rings. The smallest absolute Gasteiger partial charge is 0.336 e. The van der Waals surface area contributed by atoms with Crippen molar-refractivity contribution in [3.8, 4) is 0 Å². The molecule has 3 rings (SSSR count). The molecule has 0 radical (unpaired) electrons. The van der Waals surface area contributed by atoms with Gasteiger partial charge in [-0.15, -0.1) is 0 Å². The van der Waals surface area contributed by atoms with Crippen molar-refractivity contribution in [2.24, 2.45) is 5.92 Å². The maximum atomic E-state index is 13.3. The lowest BCUT2D eigenvalue weighted by Gasteiger charge is -2.27. The van der Waals surface area contributed by atoms with Crippen LogP contribution in [-0.2, 0) is 0 Å². The van der Waals surface area contributed by atoms with E-state index in [1.54, 1.807) is 4.90 Å². The van der Waals surface area contributed by atoms with Crippen LogP contribution < -0.4 is 0 Å². The number of aromatic carboxylic acids is 1. The summed E-state index contributed by atoms with van der Waals surface area (Å²) in [6.07, 6.45) is 2.87. The predicted molar refractivity (Wildman–Crippen MR) is 65.5 cm³/mol. The SMILES string of the molecule is O=C(O)c1cc(F)c(F)cc1C(=O)N1CC2CCC1C2. The highest BCUT2D eigenvalue weighted by Crippen LogP contribution is 2.38. The average molecular weight is 281 g/mol. The number of carboxylic acids is 1. The van der Waals surface area contributed by atoms with E-state index in [1.165, 1.54) is 0 Å². The maximum absolute atomic E-state index is 13.3. The zero-order valence-electron chi connectivity index (χ0n) is 10.6. The van der Waals surface area contributed by atoms with Crippen molar-refractivity contribution in [2.45, 2.75) is 25.3 Å². The zero-order chi connectivity index (χ0) is 14.4. The van der Waals surface area contributed by atoms with Crippen molar-refractivity contribution in [3.63, 3.8) is 0 Å². The Balaban J connectivity index is 1.99. The van der Waals surface area contributed by atoms with E-state index in [0.29, 0.717) is 24.6 Å². The van der Waals surface area contributed by atoms with Gasteiger partial charge in [-0.05, 0) is 37.3 Å². The van der Waals surface area contributed by atoms with Gasteiger partial charge in [-0.3, -0.25) is 4.79 Å². The van der Waals surface area contributed by atoms with Crippen LogP contribution in [0.5, 0.6) is 0 Å². The second kappa shape index (κ2) is 4.54. The van der Waals surface area contributed by atoms with Crippen molar-refractivity contribution in [1.82, 2.24) is 4.90 Å². The van der Waals surface area contributed by atoms with Crippen LogP contribution in [0.1, 0.15) is 40.0 Å². The summed E-state index contributed by atoms with van der Waals surface area (Å²) in [4.78, 5) is 25.1. The molecule has 2 atom stereocenters. The van der Waals surface area contributed by atoms with E-state index in [-0.39, 0.29) is 11.6 Å². The van der Waals surface area contributed by atoms with Gasteiger partial charge < -0.3 is 10.0 Å². The molecule has 2 bridgehead atoms. The number of piperidine rings is 1. The van der Waals surface area contributed by atoms with E-state index in [9.17, 15) is 18.4 Å². The molecule has 4 nitrogen and oxygen atoms in total. The number of fused-ring (bicyclic) bond motifs is 2. The van der Waals surface area contributed by atoms with E-state index in [0.717, 1.165) is 19.3 Å². The monoisotopic (exact) mass is 281 g/mol. The number of amides is 1. The zero-order valence-corrected chi connectivity index (χ0v) is 10.6. The number of halogens is 2. The molecule has 1 saturated heterocycles. The van der Waals surface area contributed by atoms with Gasteiger partial charge in [0.15, 0.2) is 11.6 Å². The number of benzene rings is 1. The van der Waals surface area contributed by atoms with E-state index in [1.807, 2.05) is 0 Å². The van der Waals surface area contributed by atoms with Crippen LogP contribution in [-0.4, -0.2) is 34.5 Å². The highest BCUT2D eigenvalue weighted by atomic mass is 19.2. The summed E-state index contributed by atoms with van der Waals surface area (Å²) in [6.45, 7) is 0.571. The number of carboxylic acid groups (broad SMARTS) is 1. The van der Waals surface area contributed by atoms with Crippen LogP contribution in [0.25, 0.3) is 0 Å². The Bertz CT molecular complexity index is 602. The quantitative estimate of drug-likeness (QED) is 0.904. The van der Waals surface area contributed by atoms with Crippen molar-refractivity contribution < 1.29 is 23.5 Å². The molecule has 1 heterocycles. The number of hydrogen-bond donors (Lipinski definition) is 1. The maximum Gasteiger partial charge on any atom is 0.336 e. The van der Waals surface area contributed by atoms with E-state index in [2.05, 4.69) is 0 Å². The summed E-state index contributed by atoms with van der Waals surface area (Å²) in [5.41, 5.74) is -0.763. The van der Waals surface area contributed by atoms with Crippen molar-refractivity contribution in [2.75, 3.05) is 6.54 Å².